The van der Waals surface area contributed by atoms with Gasteiger partial charge in [-0.05, 0) is 18.2 Å². The summed E-state index contributed by atoms with van der Waals surface area (Å²) >= 11 is 3.61. The Bertz CT molecular complexity index is 332. The maximum Gasteiger partial charge on any atom is 0.0246 e. The predicted molar refractivity (Wildman–Crippen MR) is 71.5 cm³/mol. The summed E-state index contributed by atoms with van der Waals surface area (Å²) < 4.78 is 1.23. The zero-order valence-corrected chi connectivity index (χ0v) is 11.4. The minimum Gasteiger partial charge on any atom is -0.301 e. The van der Waals surface area contributed by atoms with E-state index in [1.54, 1.807) is 0 Å². The molecule has 1 saturated heterocycles. The molecule has 0 unspecified atom stereocenters. The standard InChI is InChI=1S/C13H19BrN2/c1-2-15-7-9-16(10-8-15)11-12-5-3-4-6-13(12)14/h3-6H,2,7-11H2,1H3. The number of halogens is 1. The summed E-state index contributed by atoms with van der Waals surface area (Å²) in [6.07, 6.45) is 0. The van der Waals surface area contributed by atoms with Crippen LogP contribution in [0.25, 0.3) is 0 Å². The molecular formula is C13H19BrN2. The molecule has 1 fully saturated rings. The first kappa shape index (κ1) is 12.1. The summed E-state index contributed by atoms with van der Waals surface area (Å²) in [5.41, 5.74) is 1.40. The average Bonchev–Trinajstić information content (AvgIpc) is 2.33. The van der Waals surface area contributed by atoms with Crippen molar-refractivity contribution < 1.29 is 0 Å². The molecule has 0 aliphatic carbocycles. The molecule has 3 heteroatoms. The highest BCUT2D eigenvalue weighted by Gasteiger charge is 2.15. The molecule has 0 spiro atoms. The van der Waals surface area contributed by atoms with Crippen LogP contribution in [-0.4, -0.2) is 42.5 Å². The Kier molecular flexibility index (Phi) is 4.38. The predicted octanol–water partition coefficient (Wildman–Crippen LogP) is 2.59. The first-order chi connectivity index (χ1) is 7.79. The van der Waals surface area contributed by atoms with Gasteiger partial charge in [-0.2, -0.15) is 0 Å². The van der Waals surface area contributed by atoms with Gasteiger partial charge in [0.15, 0.2) is 0 Å². The zero-order valence-electron chi connectivity index (χ0n) is 9.82. The van der Waals surface area contributed by atoms with Crippen molar-refractivity contribution in [3.05, 3.63) is 34.3 Å². The van der Waals surface area contributed by atoms with E-state index in [0.717, 1.165) is 6.54 Å². The van der Waals surface area contributed by atoms with E-state index in [-0.39, 0.29) is 0 Å². The Labute approximate surface area is 106 Å². The number of likely N-dealkylation sites (N-methyl/N-ethyl adjacent to an activating group) is 1. The number of piperazine rings is 1. The molecule has 1 aliphatic heterocycles. The molecule has 16 heavy (non-hydrogen) atoms. The van der Waals surface area contributed by atoms with E-state index in [0.29, 0.717) is 0 Å². The molecule has 1 aliphatic rings. The summed E-state index contributed by atoms with van der Waals surface area (Å²) in [5, 5.41) is 0. The van der Waals surface area contributed by atoms with Crippen LogP contribution in [0.15, 0.2) is 28.7 Å². The van der Waals surface area contributed by atoms with E-state index in [4.69, 9.17) is 0 Å². The summed E-state index contributed by atoms with van der Waals surface area (Å²) in [7, 11) is 0. The Morgan fingerprint density at radius 1 is 1.06 bits per heavy atom. The summed E-state index contributed by atoms with van der Waals surface area (Å²) in [6.45, 7) is 9.29. The van der Waals surface area contributed by atoms with Crippen LogP contribution in [0, 0.1) is 0 Å². The third kappa shape index (κ3) is 3.06. The van der Waals surface area contributed by atoms with Crippen LogP contribution in [0.5, 0.6) is 0 Å². The van der Waals surface area contributed by atoms with Gasteiger partial charge in [0.25, 0.3) is 0 Å². The largest absolute Gasteiger partial charge is 0.301 e. The lowest BCUT2D eigenvalue weighted by molar-refractivity contribution is 0.132. The molecule has 0 aromatic heterocycles. The van der Waals surface area contributed by atoms with Gasteiger partial charge in [0.2, 0.25) is 0 Å². The normalized spacial score (nSPS) is 18.9. The van der Waals surface area contributed by atoms with E-state index in [2.05, 4.69) is 56.9 Å². The maximum absolute atomic E-state index is 3.61. The van der Waals surface area contributed by atoms with Gasteiger partial charge in [0.05, 0.1) is 0 Å². The molecule has 2 nitrogen and oxygen atoms in total. The Morgan fingerprint density at radius 2 is 1.69 bits per heavy atom. The number of hydrogen-bond acceptors (Lipinski definition) is 2. The Morgan fingerprint density at radius 3 is 2.31 bits per heavy atom. The van der Waals surface area contributed by atoms with Gasteiger partial charge in [-0.1, -0.05) is 41.1 Å². The lowest BCUT2D eigenvalue weighted by Crippen LogP contribution is -2.45. The monoisotopic (exact) mass is 282 g/mol. The molecule has 0 amide bonds. The highest BCUT2D eigenvalue weighted by molar-refractivity contribution is 9.10. The third-order valence-corrected chi connectivity index (χ3v) is 4.04. The van der Waals surface area contributed by atoms with Crippen molar-refractivity contribution in [2.24, 2.45) is 0 Å². The summed E-state index contributed by atoms with van der Waals surface area (Å²) in [5.74, 6) is 0. The van der Waals surface area contributed by atoms with Gasteiger partial charge >= 0.3 is 0 Å². The fourth-order valence-electron chi connectivity index (χ4n) is 2.13. The highest BCUT2D eigenvalue weighted by atomic mass is 79.9. The fourth-order valence-corrected chi connectivity index (χ4v) is 2.54. The number of benzene rings is 1. The lowest BCUT2D eigenvalue weighted by Gasteiger charge is -2.34. The third-order valence-electron chi connectivity index (χ3n) is 3.26. The van der Waals surface area contributed by atoms with Gasteiger partial charge in [0.1, 0.15) is 0 Å². The second kappa shape index (κ2) is 5.80. The van der Waals surface area contributed by atoms with Gasteiger partial charge < -0.3 is 4.90 Å². The molecular weight excluding hydrogens is 264 g/mol. The lowest BCUT2D eigenvalue weighted by atomic mass is 10.2. The van der Waals surface area contributed by atoms with Crippen molar-refractivity contribution in [3.8, 4) is 0 Å². The molecule has 0 bridgehead atoms. The van der Waals surface area contributed by atoms with E-state index in [1.807, 2.05) is 0 Å². The first-order valence-corrected chi connectivity index (χ1v) is 6.77. The quantitative estimate of drug-likeness (QED) is 0.841. The van der Waals surface area contributed by atoms with Crippen LogP contribution < -0.4 is 0 Å². The fraction of sp³-hybridized carbons (Fsp3) is 0.538. The molecule has 0 N–H and O–H groups in total. The molecule has 88 valence electrons. The van der Waals surface area contributed by atoms with Crippen LogP contribution in [0.2, 0.25) is 0 Å². The molecule has 1 aromatic rings. The molecule has 0 atom stereocenters. The van der Waals surface area contributed by atoms with Crippen LogP contribution in [0.1, 0.15) is 12.5 Å². The van der Waals surface area contributed by atoms with E-state index >= 15 is 0 Å². The van der Waals surface area contributed by atoms with Gasteiger partial charge in [-0.3, -0.25) is 4.90 Å². The van der Waals surface area contributed by atoms with Crippen molar-refractivity contribution in [2.45, 2.75) is 13.5 Å². The minimum atomic E-state index is 1.07. The number of nitrogens with zero attached hydrogens (tertiary/aromatic N) is 2. The molecule has 0 saturated carbocycles. The molecule has 0 radical (unpaired) electrons. The van der Waals surface area contributed by atoms with E-state index < -0.39 is 0 Å². The first-order valence-electron chi connectivity index (χ1n) is 5.97. The molecule has 1 heterocycles. The SMILES string of the molecule is CCN1CCN(Cc2ccccc2Br)CC1. The van der Waals surface area contributed by atoms with Crippen LogP contribution in [0.3, 0.4) is 0 Å². The van der Waals surface area contributed by atoms with Crippen molar-refractivity contribution in [1.82, 2.24) is 9.80 Å². The van der Waals surface area contributed by atoms with Gasteiger partial charge in [-0.15, -0.1) is 0 Å². The Hall–Kier alpha value is -0.380. The number of rotatable bonds is 3. The van der Waals surface area contributed by atoms with E-state index in [1.165, 1.54) is 42.8 Å². The zero-order chi connectivity index (χ0) is 11.4. The van der Waals surface area contributed by atoms with Crippen molar-refractivity contribution in [1.29, 1.82) is 0 Å². The van der Waals surface area contributed by atoms with Crippen molar-refractivity contribution in [2.75, 3.05) is 32.7 Å². The topological polar surface area (TPSA) is 6.48 Å². The second-order valence-electron chi connectivity index (χ2n) is 4.30. The van der Waals surface area contributed by atoms with Crippen LogP contribution >= 0.6 is 15.9 Å². The molecule has 1 aromatic carbocycles. The summed E-state index contributed by atoms with van der Waals surface area (Å²) in [6, 6.07) is 8.51. The minimum absolute atomic E-state index is 1.07. The highest BCUT2D eigenvalue weighted by Crippen LogP contribution is 2.18. The van der Waals surface area contributed by atoms with Gasteiger partial charge in [0, 0.05) is 37.2 Å². The Balaban J connectivity index is 1.89. The molecule has 2 rings (SSSR count). The van der Waals surface area contributed by atoms with Crippen molar-refractivity contribution in [3.63, 3.8) is 0 Å². The van der Waals surface area contributed by atoms with Gasteiger partial charge in [-0.25, -0.2) is 0 Å². The van der Waals surface area contributed by atoms with E-state index in [9.17, 15) is 0 Å². The van der Waals surface area contributed by atoms with Crippen LogP contribution in [0.4, 0.5) is 0 Å². The summed E-state index contributed by atoms with van der Waals surface area (Å²) in [4.78, 5) is 5.04. The smallest absolute Gasteiger partial charge is 0.0246 e. The van der Waals surface area contributed by atoms with Crippen LogP contribution in [-0.2, 0) is 6.54 Å². The number of hydrogen-bond donors (Lipinski definition) is 0. The average molecular weight is 283 g/mol. The second-order valence-corrected chi connectivity index (χ2v) is 5.16. The maximum atomic E-state index is 3.61. The van der Waals surface area contributed by atoms with Crippen molar-refractivity contribution >= 4 is 15.9 Å².